The molecule has 1 N–H and O–H groups in total. The predicted molar refractivity (Wildman–Crippen MR) is 148 cm³/mol. The zero-order valence-corrected chi connectivity index (χ0v) is 23.3. The molecule has 3 aliphatic rings. The number of pyridine rings is 2. The first kappa shape index (κ1) is 25.9. The molecule has 0 saturated heterocycles. The molecule has 0 unspecified atom stereocenters. The summed E-state index contributed by atoms with van der Waals surface area (Å²) in [5.41, 5.74) is 6.44. The van der Waals surface area contributed by atoms with E-state index < -0.39 is 9.84 Å². The second kappa shape index (κ2) is 9.97. The van der Waals surface area contributed by atoms with E-state index in [2.05, 4.69) is 27.2 Å². The van der Waals surface area contributed by atoms with E-state index in [-0.39, 0.29) is 28.6 Å². The number of hydrogen-bond acceptors (Lipinski definition) is 7. The van der Waals surface area contributed by atoms with Crippen LogP contribution in [0, 0.1) is 0 Å². The van der Waals surface area contributed by atoms with E-state index in [9.17, 15) is 13.2 Å². The van der Waals surface area contributed by atoms with E-state index in [1.165, 1.54) is 6.20 Å². The monoisotopic (exact) mass is 546 g/mol. The smallest absolute Gasteiger partial charge is 0.322 e. The number of hydrogen-bond donors (Lipinski definition) is 1. The van der Waals surface area contributed by atoms with Gasteiger partial charge in [0.05, 0.1) is 51.4 Å². The molecule has 204 valence electrons. The maximum Gasteiger partial charge on any atom is 0.322 e. The van der Waals surface area contributed by atoms with Gasteiger partial charge >= 0.3 is 6.03 Å². The normalized spacial score (nSPS) is 17.9. The predicted octanol–water partition coefficient (Wildman–Crippen LogP) is 4.71. The van der Waals surface area contributed by atoms with Crippen molar-refractivity contribution in [3.63, 3.8) is 0 Å². The summed E-state index contributed by atoms with van der Waals surface area (Å²) in [4.78, 5) is 34.2. The Morgan fingerprint density at radius 3 is 2.54 bits per heavy atom. The summed E-state index contributed by atoms with van der Waals surface area (Å²) in [6, 6.07) is 7.06. The quantitative estimate of drug-likeness (QED) is 0.456. The van der Waals surface area contributed by atoms with Gasteiger partial charge in [-0.3, -0.25) is 9.88 Å². The van der Waals surface area contributed by atoms with Gasteiger partial charge in [0.2, 0.25) is 0 Å². The minimum atomic E-state index is -3.31. The van der Waals surface area contributed by atoms with Gasteiger partial charge in [0, 0.05) is 29.6 Å². The van der Waals surface area contributed by atoms with Crippen LogP contribution in [0.15, 0.2) is 41.7 Å². The third-order valence-electron chi connectivity index (χ3n) is 8.40. The van der Waals surface area contributed by atoms with E-state index in [1.807, 2.05) is 17.0 Å². The number of carbonyl (C=O) groups is 1. The number of aromatic nitrogens is 4. The Balaban J connectivity index is 1.28. The summed E-state index contributed by atoms with van der Waals surface area (Å²) in [6.45, 7) is 4.54. The lowest BCUT2D eigenvalue weighted by molar-refractivity contribution is 0.245. The van der Waals surface area contributed by atoms with Crippen LogP contribution < -0.4 is 10.2 Å². The number of carbonyl (C=O) groups excluding carboxylic acids is 1. The van der Waals surface area contributed by atoms with Crippen LogP contribution in [0.1, 0.15) is 81.1 Å². The van der Waals surface area contributed by atoms with Gasteiger partial charge in [0.15, 0.2) is 9.84 Å². The molecule has 0 radical (unpaired) electrons. The highest BCUT2D eigenvalue weighted by Crippen LogP contribution is 2.51. The second-order valence-corrected chi connectivity index (χ2v) is 13.2. The molecule has 1 spiro atoms. The Bertz CT molecular complexity index is 1510. The minimum Gasteiger partial charge on any atom is -0.332 e. The summed E-state index contributed by atoms with van der Waals surface area (Å²) in [5.74, 6) is 0.506. The molecule has 3 aromatic heterocycles. The summed E-state index contributed by atoms with van der Waals surface area (Å²) < 4.78 is 24.1. The van der Waals surface area contributed by atoms with Crippen molar-refractivity contribution in [2.75, 3.05) is 17.2 Å². The first-order chi connectivity index (χ1) is 18.8. The number of sulfone groups is 1. The second-order valence-electron chi connectivity index (χ2n) is 10.9. The lowest BCUT2D eigenvalue weighted by Gasteiger charge is -2.24. The lowest BCUT2D eigenvalue weighted by atomic mass is 9.84. The number of amides is 2. The van der Waals surface area contributed by atoms with Crippen LogP contribution in [0.4, 0.5) is 10.5 Å². The Hall–Kier alpha value is -3.40. The number of nitrogens with zero attached hydrogens (tertiary/aromatic N) is 5. The average molecular weight is 547 g/mol. The fourth-order valence-electron chi connectivity index (χ4n) is 6.07. The zero-order valence-electron chi connectivity index (χ0n) is 22.5. The number of urea groups is 1. The first-order valence-electron chi connectivity index (χ1n) is 13.9. The van der Waals surface area contributed by atoms with Crippen molar-refractivity contribution in [3.8, 4) is 11.3 Å². The van der Waals surface area contributed by atoms with Crippen molar-refractivity contribution in [1.82, 2.24) is 25.3 Å². The summed E-state index contributed by atoms with van der Waals surface area (Å²) in [5, 5.41) is 2.98. The minimum absolute atomic E-state index is 0.0234. The van der Waals surface area contributed by atoms with Crippen molar-refractivity contribution in [3.05, 3.63) is 59.6 Å². The largest absolute Gasteiger partial charge is 0.332 e. The lowest BCUT2D eigenvalue weighted by Crippen LogP contribution is -2.42. The molecule has 6 rings (SSSR count). The van der Waals surface area contributed by atoms with Gasteiger partial charge in [-0.1, -0.05) is 26.7 Å². The van der Waals surface area contributed by atoms with Crippen LogP contribution in [0.5, 0.6) is 0 Å². The number of rotatable bonds is 7. The van der Waals surface area contributed by atoms with Crippen LogP contribution in [0.2, 0.25) is 0 Å². The van der Waals surface area contributed by atoms with Gasteiger partial charge in [0.25, 0.3) is 0 Å². The molecule has 0 bridgehead atoms. The Morgan fingerprint density at radius 2 is 1.87 bits per heavy atom. The molecule has 10 heteroatoms. The average Bonchev–Trinajstić information content (AvgIpc) is 3.63. The molecule has 4 heterocycles. The van der Waals surface area contributed by atoms with E-state index in [0.29, 0.717) is 18.2 Å². The van der Waals surface area contributed by atoms with Crippen LogP contribution in [0.3, 0.4) is 0 Å². The third kappa shape index (κ3) is 4.68. The van der Waals surface area contributed by atoms with Crippen molar-refractivity contribution >= 4 is 21.6 Å². The summed E-state index contributed by atoms with van der Waals surface area (Å²) in [6.07, 6.45) is 10.4. The maximum absolute atomic E-state index is 13.4. The standard InChI is InChI=1S/C29H34N6O3S/c1-3-22-25(26(19-7-8-19)33-18-32-22)23-11-12-24-27(34-23)29(13-5-6-14-29)17-35(24)28(36)31-15-20-9-10-21(16-30-20)39(37,38)4-2/h9-12,16,18-19H,3-8,13-15,17H2,1-2H3,(H,31,36). The molecule has 3 aromatic rings. The number of fused-ring (bicyclic) bond motifs is 2. The molecule has 0 aromatic carbocycles. The fourth-order valence-corrected chi connectivity index (χ4v) is 6.89. The van der Waals surface area contributed by atoms with E-state index in [4.69, 9.17) is 4.98 Å². The molecule has 1 aliphatic heterocycles. The topological polar surface area (TPSA) is 118 Å². The SMILES string of the molecule is CCc1ncnc(C2CC2)c1-c1ccc2c(n1)C1(CCCC1)CN2C(=O)NCc1ccc(S(=O)(=O)CC)cn1. The highest BCUT2D eigenvalue weighted by atomic mass is 32.2. The van der Waals surface area contributed by atoms with Crippen LogP contribution in [0.25, 0.3) is 11.3 Å². The van der Waals surface area contributed by atoms with E-state index in [1.54, 1.807) is 25.4 Å². The fraction of sp³-hybridized carbons (Fsp3) is 0.483. The molecular weight excluding hydrogens is 512 g/mol. The Morgan fingerprint density at radius 1 is 1.08 bits per heavy atom. The highest BCUT2D eigenvalue weighted by Gasteiger charge is 2.48. The van der Waals surface area contributed by atoms with Gasteiger partial charge in [-0.15, -0.1) is 0 Å². The Labute approximate surface area is 229 Å². The van der Waals surface area contributed by atoms with E-state index >= 15 is 0 Å². The summed E-state index contributed by atoms with van der Waals surface area (Å²) >= 11 is 0. The molecule has 39 heavy (non-hydrogen) atoms. The molecule has 2 aliphatic carbocycles. The Kier molecular flexibility index (Phi) is 6.61. The van der Waals surface area contributed by atoms with Crippen molar-refractivity contribution < 1.29 is 13.2 Å². The molecule has 2 saturated carbocycles. The maximum atomic E-state index is 13.4. The number of aryl methyl sites for hydroxylation is 1. The molecule has 0 atom stereocenters. The molecule has 2 fully saturated rings. The van der Waals surface area contributed by atoms with Gasteiger partial charge < -0.3 is 5.32 Å². The van der Waals surface area contributed by atoms with Crippen LogP contribution in [-0.4, -0.2) is 46.7 Å². The van der Waals surface area contributed by atoms with E-state index in [0.717, 1.165) is 79.0 Å². The molecule has 2 amide bonds. The van der Waals surface area contributed by atoms with Gasteiger partial charge in [-0.25, -0.2) is 28.2 Å². The third-order valence-corrected chi connectivity index (χ3v) is 10.1. The van der Waals surface area contributed by atoms with Crippen molar-refractivity contribution in [1.29, 1.82) is 0 Å². The van der Waals surface area contributed by atoms with Gasteiger partial charge in [0.1, 0.15) is 6.33 Å². The van der Waals surface area contributed by atoms with Gasteiger partial charge in [-0.2, -0.15) is 0 Å². The number of anilines is 1. The van der Waals surface area contributed by atoms with Gasteiger partial charge in [-0.05, 0) is 56.4 Å². The first-order valence-corrected chi connectivity index (χ1v) is 15.6. The number of nitrogens with one attached hydrogen (secondary N) is 1. The van der Waals surface area contributed by atoms with Crippen LogP contribution >= 0.6 is 0 Å². The zero-order chi connectivity index (χ0) is 27.2. The summed E-state index contributed by atoms with van der Waals surface area (Å²) in [7, 11) is -3.31. The highest BCUT2D eigenvalue weighted by molar-refractivity contribution is 7.91. The van der Waals surface area contributed by atoms with Crippen molar-refractivity contribution in [2.45, 2.75) is 81.6 Å². The van der Waals surface area contributed by atoms with Crippen LogP contribution in [-0.2, 0) is 28.2 Å². The molecular formula is C29H34N6O3S. The van der Waals surface area contributed by atoms with Crippen molar-refractivity contribution in [2.24, 2.45) is 0 Å². The molecule has 9 nitrogen and oxygen atoms in total.